The number of amides is 1. The van der Waals surface area contributed by atoms with Crippen molar-refractivity contribution in [3.8, 4) is 11.5 Å². The average molecular weight is 396 g/mol. The molecular formula is C22H28N4O3. The number of anilines is 1. The highest BCUT2D eigenvalue weighted by molar-refractivity contribution is 5.92. The zero-order valence-electron chi connectivity index (χ0n) is 17.0. The van der Waals surface area contributed by atoms with Crippen LogP contribution >= 0.6 is 0 Å². The fourth-order valence-corrected chi connectivity index (χ4v) is 3.30. The summed E-state index contributed by atoms with van der Waals surface area (Å²) >= 11 is 0. The molecular weight excluding hydrogens is 368 g/mol. The lowest BCUT2D eigenvalue weighted by molar-refractivity contribution is 0.0949. The van der Waals surface area contributed by atoms with Gasteiger partial charge in [-0.15, -0.1) is 0 Å². The number of aromatic nitrogens is 2. The Kier molecular flexibility index (Phi) is 7.44. The second kappa shape index (κ2) is 10.5. The van der Waals surface area contributed by atoms with Gasteiger partial charge < -0.3 is 20.1 Å². The van der Waals surface area contributed by atoms with Crippen molar-refractivity contribution < 1.29 is 14.3 Å². The first kappa shape index (κ1) is 20.6. The monoisotopic (exact) mass is 396 g/mol. The van der Waals surface area contributed by atoms with Gasteiger partial charge >= 0.3 is 0 Å². The van der Waals surface area contributed by atoms with E-state index in [4.69, 9.17) is 9.47 Å². The van der Waals surface area contributed by atoms with Crippen LogP contribution in [0.25, 0.3) is 0 Å². The average Bonchev–Trinajstić information content (AvgIpc) is 2.78. The molecule has 1 amide bonds. The van der Waals surface area contributed by atoms with Gasteiger partial charge in [-0.05, 0) is 55.9 Å². The molecule has 1 aliphatic carbocycles. The highest BCUT2D eigenvalue weighted by Gasteiger charge is 2.10. The molecule has 3 rings (SSSR count). The third kappa shape index (κ3) is 5.94. The number of methoxy groups -OCH3 is 2. The van der Waals surface area contributed by atoms with Crippen molar-refractivity contribution in [1.82, 2.24) is 15.3 Å². The lowest BCUT2D eigenvalue weighted by atomic mass is 9.97. The molecule has 0 saturated carbocycles. The number of hydrogen-bond acceptors (Lipinski definition) is 6. The Bertz CT molecular complexity index is 867. The van der Waals surface area contributed by atoms with E-state index in [2.05, 4.69) is 26.7 Å². The van der Waals surface area contributed by atoms with Crippen LogP contribution in [0.5, 0.6) is 11.5 Å². The number of nitrogens with zero attached hydrogens (tertiary/aromatic N) is 2. The number of allylic oxidation sites excluding steroid dienone is 1. The summed E-state index contributed by atoms with van der Waals surface area (Å²) in [6.07, 6.45) is 9.62. The lowest BCUT2D eigenvalue weighted by Crippen LogP contribution is -2.26. The van der Waals surface area contributed by atoms with E-state index in [9.17, 15) is 4.79 Å². The van der Waals surface area contributed by atoms with E-state index in [1.54, 1.807) is 26.5 Å². The van der Waals surface area contributed by atoms with Gasteiger partial charge in [-0.1, -0.05) is 17.7 Å². The zero-order valence-corrected chi connectivity index (χ0v) is 17.0. The molecule has 2 aromatic rings. The van der Waals surface area contributed by atoms with Crippen molar-refractivity contribution in [3.05, 3.63) is 53.4 Å². The van der Waals surface area contributed by atoms with Crippen LogP contribution in [0.4, 0.5) is 5.95 Å². The van der Waals surface area contributed by atoms with Crippen molar-refractivity contribution in [1.29, 1.82) is 0 Å². The number of benzene rings is 1. The van der Waals surface area contributed by atoms with Gasteiger partial charge in [0.05, 0.1) is 14.2 Å². The third-order valence-electron chi connectivity index (χ3n) is 4.90. The maximum atomic E-state index is 12.4. The predicted molar refractivity (Wildman–Crippen MR) is 112 cm³/mol. The van der Waals surface area contributed by atoms with Crippen LogP contribution in [-0.2, 0) is 6.54 Å². The molecule has 0 atom stereocenters. The minimum Gasteiger partial charge on any atom is -0.493 e. The second-order valence-electron chi connectivity index (χ2n) is 6.92. The molecule has 154 valence electrons. The van der Waals surface area contributed by atoms with Crippen LogP contribution in [-0.4, -0.2) is 36.6 Å². The number of nitrogens with one attached hydrogen (secondary N) is 2. The van der Waals surface area contributed by atoms with Crippen molar-refractivity contribution in [2.75, 3.05) is 26.1 Å². The lowest BCUT2D eigenvalue weighted by Gasteiger charge is -2.13. The largest absolute Gasteiger partial charge is 0.493 e. The van der Waals surface area contributed by atoms with Gasteiger partial charge in [0, 0.05) is 19.3 Å². The number of ether oxygens (including phenoxy) is 2. The van der Waals surface area contributed by atoms with Crippen LogP contribution in [0, 0.1) is 0 Å². The molecule has 2 N–H and O–H groups in total. The summed E-state index contributed by atoms with van der Waals surface area (Å²) in [6, 6.07) is 7.30. The topological polar surface area (TPSA) is 85.4 Å². The molecule has 7 heteroatoms. The van der Waals surface area contributed by atoms with E-state index in [-0.39, 0.29) is 5.91 Å². The molecule has 29 heavy (non-hydrogen) atoms. The second-order valence-corrected chi connectivity index (χ2v) is 6.92. The van der Waals surface area contributed by atoms with E-state index in [0.717, 1.165) is 24.8 Å². The van der Waals surface area contributed by atoms with Crippen molar-refractivity contribution >= 4 is 11.9 Å². The Morgan fingerprint density at radius 1 is 1.14 bits per heavy atom. The molecule has 0 radical (unpaired) electrons. The van der Waals surface area contributed by atoms with Crippen LogP contribution in [0.2, 0.25) is 0 Å². The van der Waals surface area contributed by atoms with E-state index in [1.807, 2.05) is 18.2 Å². The molecule has 7 nitrogen and oxygen atoms in total. The third-order valence-corrected chi connectivity index (χ3v) is 4.90. The number of carbonyl (C=O) groups excluding carboxylic acids is 1. The number of carbonyl (C=O) groups is 1. The quantitative estimate of drug-likeness (QED) is 0.628. The predicted octanol–water partition coefficient (Wildman–Crippen LogP) is 3.73. The summed E-state index contributed by atoms with van der Waals surface area (Å²) in [7, 11) is 3.21. The van der Waals surface area contributed by atoms with Crippen LogP contribution < -0.4 is 20.1 Å². The van der Waals surface area contributed by atoms with Gasteiger partial charge in [-0.2, -0.15) is 0 Å². The zero-order chi connectivity index (χ0) is 20.5. The Morgan fingerprint density at radius 3 is 2.76 bits per heavy atom. The molecule has 0 saturated heterocycles. The fraction of sp³-hybridized carbons (Fsp3) is 0.409. The summed E-state index contributed by atoms with van der Waals surface area (Å²) in [5, 5.41) is 6.09. The van der Waals surface area contributed by atoms with E-state index >= 15 is 0 Å². The SMILES string of the molecule is COc1ccc(CNc2nccc(C(=O)NCCC3=CCCCC3)n2)cc1OC. The summed E-state index contributed by atoms with van der Waals surface area (Å²) < 4.78 is 10.6. The van der Waals surface area contributed by atoms with E-state index in [0.29, 0.717) is 36.2 Å². The summed E-state index contributed by atoms with van der Waals surface area (Å²) in [4.78, 5) is 20.9. The minimum atomic E-state index is -0.182. The maximum Gasteiger partial charge on any atom is 0.270 e. The van der Waals surface area contributed by atoms with Gasteiger partial charge in [0.15, 0.2) is 11.5 Å². The van der Waals surface area contributed by atoms with Gasteiger partial charge in [-0.25, -0.2) is 9.97 Å². The standard InChI is InChI=1S/C22H28N4O3/c1-28-19-9-8-17(14-20(19)29-2)15-25-22-24-13-11-18(26-22)21(27)23-12-10-16-6-4-3-5-7-16/h6,8-9,11,13-14H,3-5,7,10,12,15H2,1-2H3,(H,23,27)(H,24,25,26). The molecule has 0 fully saturated rings. The van der Waals surface area contributed by atoms with Crippen molar-refractivity contribution in [2.24, 2.45) is 0 Å². The summed E-state index contributed by atoms with van der Waals surface area (Å²) in [5.74, 6) is 1.56. The Labute approximate surface area is 171 Å². The molecule has 0 spiro atoms. The smallest absolute Gasteiger partial charge is 0.270 e. The Morgan fingerprint density at radius 2 is 2.00 bits per heavy atom. The van der Waals surface area contributed by atoms with Crippen molar-refractivity contribution in [2.45, 2.75) is 38.6 Å². The Balaban J connectivity index is 1.53. The molecule has 0 aliphatic heterocycles. The van der Waals surface area contributed by atoms with Gasteiger partial charge in [-0.3, -0.25) is 4.79 Å². The van der Waals surface area contributed by atoms with Gasteiger partial charge in [0.1, 0.15) is 5.69 Å². The first-order valence-electron chi connectivity index (χ1n) is 9.93. The molecule has 1 heterocycles. The summed E-state index contributed by atoms with van der Waals surface area (Å²) in [5.41, 5.74) is 2.78. The van der Waals surface area contributed by atoms with Crippen LogP contribution in [0.15, 0.2) is 42.1 Å². The van der Waals surface area contributed by atoms with Crippen LogP contribution in [0.1, 0.15) is 48.2 Å². The normalized spacial score (nSPS) is 13.4. The molecule has 1 aromatic heterocycles. The Hall–Kier alpha value is -3.09. The maximum absolute atomic E-state index is 12.4. The van der Waals surface area contributed by atoms with Crippen molar-refractivity contribution in [3.63, 3.8) is 0 Å². The van der Waals surface area contributed by atoms with Crippen LogP contribution in [0.3, 0.4) is 0 Å². The number of hydrogen-bond donors (Lipinski definition) is 2. The van der Waals surface area contributed by atoms with E-state index < -0.39 is 0 Å². The first-order valence-corrected chi connectivity index (χ1v) is 9.93. The molecule has 1 aromatic carbocycles. The van der Waals surface area contributed by atoms with E-state index in [1.165, 1.54) is 18.4 Å². The molecule has 1 aliphatic rings. The number of rotatable bonds is 9. The fourth-order valence-electron chi connectivity index (χ4n) is 3.30. The highest BCUT2D eigenvalue weighted by Crippen LogP contribution is 2.27. The van der Waals surface area contributed by atoms with Gasteiger partial charge in [0.2, 0.25) is 5.95 Å². The highest BCUT2D eigenvalue weighted by atomic mass is 16.5. The minimum absolute atomic E-state index is 0.182. The molecule has 0 unspecified atom stereocenters. The first-order chi connectivity index (χ1) is 14.2. The summed E-state index contributed by atoms with van der Waals surface area (Å²) in [6.45, 7) is 1.13. The van der Waals surface area contributed by atoms with Gasteiger partial charge in [0.25, 0.3) is 5.91 Å². The molecule has 0 bridgehead atoms.